The van der Waals surface area contributed by atoms with E-state index in [1.54, 1.807) is 26.8 Å². The Morgan fingerprint density at radius 1 is 1.14 bits per heavy atom. The number of nitrogens with one attached hydrogen (secondary N) is 2. The maximum atomic E-state index is 11.6. The molecular weight excluding hydrogens is 280 g/mol. The molecule has 2 rings (SSSR count). The van der Waals surface area contributed by atoms with Crippen LogP contribution in [0.5, 0.6) is 5.75 Å². The van der Waals surface area contributed by atoms with Crippen molar-refractivity contribution in [1.82, 2.24) is 10.9 Å². The number of benzene rings is 2. The molecule has 0 atom stereocenters. The van der Waals surface area contributed by atoms with Gasteiger partial charge in [-0.1, -0.05) is 36.9 Å². The predicted octanol–water partition coefficient (Wildman–Crippen LogP) is 3.55. The first-order chi connectivity index (χ1) is 10.3. The fourth-order valence-electron chi connectivity index (χ4n) is 2.00. The number of carbonyl (C=O) groups is 1. The van der Waals surface area contributed by atoms with Gasteiger partial charge in [-0.25, -0.2) is 10.2 Å². The molecule has 0 spiro atoms. The molecule has 0 aromatic heterocycles. The lowest BCUT2D eigenvalue weighted by molar-refractivity contribution is 0.0511. The minimum absolute atomic E-state index is 0.113. The third-order valence-electron chi connectivity index (χ3n) is 2.94. The second kappa shape index (κ2) is 5.97. The maximum absolute atomic E-state index is 11.6. The van der Waals surface area contributed by atoms with E-state index in [0.717, 1.165) is 10.8 Å². The number of amides is 1. The molecule has 0 radical (unpaired) electrons. The van der Waals surface area contributed by atoms with Gasteiger partial charge >= 0.3 is 6.09 Å². The fourth-order valence-corrected chi connectivity index (χ4v) is 2.00. The molecule has 116 valence electrons. The zero-order valence-electron chi connectivity index (χ0n) is 12.9. The smallest absolute Gasteiger partial charge is 0.426 e. The third-order valence-corrected chi connectivity index (χ3v) is 2.94. The van der Waals surface area contributed by atoms with Gasteiger partial charge in [0.2, 0.25) is 0 Å². The number of carbonyl (C=O) groups excluding carboxylic acids is 1. The molecular formula is C17H20N2O3. The average Bonchev–Trinajstić information content (AvgIpc) is 2.44. The number of hydrogen-bond donors (Lipinski definition) is 3. The van der Waals surface area contributed by atoms with Crippen molar-refractivity contribution in [3.63, 3.8) is 0 Å². The van der Waals surface area contributed by atoms with Crippen molar-refractivity contribution in [2.24, 2.45) is 0 Å². The molecule has 0 saturated carbocycles. The van der Waals surface area contributed by atoms with E-state index in [9.17, 15) is 9.90 Å². The molecule has 5 heteroatoms. The zero-order chi connectivity index (χ0) is 16.3. The predicted molar refractivity (Wildman–Crippen MR) is 87.2 cm³/mol. The second-order valence-corrected chi connectivity index (χ2v) is 5.91. The summed E-state index contributed by atoms with van der Waals surface area (Å²) in [7, 11) is 0. The highest BCUT2D eigenvalue weighted by Gasteiger charge is 2.16. The first kappa shape index (κ1) is 15.7. The van der Waals surface area contributed by atoms with E-state index in [1.165, 1.54) is 0 Å². The second-order valence-electron chi connectivity index (χ2n) is 5.91. The zero-order valence-corrected chi connectivity index (χ0v) is 12.9. The summed E-state index contributed by atoms with van der Waals surface area (Å²) >= 11 is 0. The lowest BCUT2D eigenvalue weighted by Gasteiger charge is -2.20. The van der Waals surface area contributed by atoms with Gasteiger partial charge in [-0.15, -0.1) is 0 Å². The van der Waals surface area contributed by atoms with Gasteiger partial charge < -0.3 is 9.84 Å². The van der Waals surface area contributed by atoms with E-state index in [2.05, 4.69) is 17.4 Å². The van der Waals surface area contributed by atoms with Gasteiger partial charge in [0.15, 0.2) is 0 Å². The van der Waals surface area contributed by atoms with Crippen molar-refractivity contribution in [3.05, 3.63) is 48.5 Å². The molecule has 0 aliphatic heterocycles. The Balaban J connectivity index is 2.10. The van der Waals surface area contributed by atoms with E-state index in [4.69, 9.17) is 4.74 Å². The van der Waals surface area contributed by atoms with Crippen molar-refractivity contribution in [3.8, 4) is 5.75 Å². The molecule has 0 bridgehead atoms. The van der Waals surface area contributed by atoms with Gasteiger partial charge in [0.05, 0.1) is 5.70 Å². The van der Waals surface area contributed by atoms with Crippen molar-refractivity contribution in [2.75, 3.05) is 0 Å². The van der Waals surface area contributed by atoms with Crippen molar-refractivity contribution < 1.29 is 14.6 Å². The Morgan fingerprint density at radius 2 is 1.82 bits per heavy atom. The van der Waals surface area contributed by atoms with Gasteiger partial charge in [-0.05, 0) is 32.2 Å². The molecule has 22 heavy (non-hydrogen) atoms. The summed E-state index contributed by atoms with van der Waals surface area (Å²) in [6, 6.07) is 11.1. The Morgan fingerprint density at radius 3 is 2.50 bits per heavy atom. The van der Waals surface area contributed by atoms with Crippen LogP contribution < -0.4 is 10.9 Å². The number of rotatable bonds is 3. The first-order valence-corrected chi connectivity index (χ1v) is 6.93. The minimum atomic E-state index is -0.617. The molecule has 3 N–H and O–H groups in total. The quantitative estimate of drug-likeness (QED) is 0.758. The number of hydrogen-bond acceptors (Lipinski definition) is 4. The van der Waals surface area contributed by atoms with E-state index in [0.29, 0.717) is 11.3 Å². The molecule has 0 fully saturated rings. The summed E-state index contributed by atoms with van der Waals surface area (Å²) in [5.41, 5.74) is 5.33. The highest BCUT2D eigenvalue weighted by molar-refractivity contribution is 5.92. The SMILES string of the molecule is C=C(NNC(=O)OC(C)(C)C)c1ccc2ccccc2c1O. The number of aromatic hydroxyl groups is 1. The van der Waals surface area contributed by atoms with Crippen molar-refractivity contribution in [2.45, 2.75) is 26.4 Å². The van der Waals surface area contributed by atoms with Gasteiger partial charge in [-0.3, -0.25) is 5.43 Å². The molecule has 0 saturated heterocycles. The van der Waals surface area contributed by atoms with Crippen LogP contribution in [0.2, 0.25) is 0 Å². The summed E-state index contributed by atoms with van der Waals surface area (Å²) in [6.07, 6.45) is -0.617. The minimum Gasteiger partial charge on any atom is -0.507 e. The Hall–Kier alpha value is -2.69. The van der Waals surface area contributed by atoms with Crippen LogP contribution in [0.1, 0.15) is 26.3 Å². The number of ether oxygens (including phenoxy) is 1. The van der Waals surface area contributed by atoms with Crippen LogP contribution in [0, 0.1) is 0 Å². The van der Waals surface area contributed by atoms with Gasteiger partial charge in [0.1, 0.15) is 11.4 Å². The van der Waals surface area contributed by atoms with Crippen LogP contribution in [0.25, 0.3) is 16.5 Å². The molecule has 1 amide bonds. The Bertz CT molecular complexity index is 717. The molecule has 0 unspecified atom stereocenters. The van der Waals surface area contributed by atoms with E-state index >= 15 is 0 Å². The Labute approximate surface area is 129 Å². The van der Waals surface area contributed by atoms with E-state index in [1.807, 2.05) is 30.3 Å². The topological polar surface area (TPSA) is 70.6 Å². The summed E-state index contributed by atoms with van der Waals surface area (Å²) in [4.78, 5) is 11.6. The molecule has 2 aromatic rings. The average molecular weight is 300 g/mol. The van der Waals surface area contributed by atoms with Gasteiger partial charge in [0, 0.05) is 10.9 Å². The highest BCUT2D eigenvalue weighted by atomic mass is 16.6. The number of hydrazine groups is 1. The number of phenolic OH excluding ortho intramolecular Hbond substituents is 1. The van der Waals surface area contributed by atoms with Crippen LogP contribution in [0.3, 0.4) is 0 Å². The largest absolute Gasteiger partial charge is 0.507 e. The molecule has 0 heterocycles. The Kier molecular flexibility index (Phi) is 4.26. The normalized spacial score (nSPS) is 11.0. The van der Waals surface area contributed by atoms with Crippen LogP contribution in [0.4, 0.5) is 4.79 Å². The fraction of sp³-hybridized carbons (Fsp3) is 0.235. The van der Waals surface area contributed by atoms with Crippen LogP contribution in [-0.2, 0) is 4.74 Å². The number of fused-ring (bicyclic) bond motifs is 1. The summed E-state index contributed by atoms with van der Waals surface area (Å²) in [5, 5.41) is 12.0. The highest BCUT2D eigenvalue weighted by Crippen LogP contribution is 2.31. The van der Waals surface area contributed by atoms with Gasteiger partial charge in [-0.2, -0.15) is 0 Å². The first-order valence-electron chi connectivity index (χ1n) is 6.93. The van der Waals surface area contributed by atoms with Crippen LogP contribution >= 0.6 is 0 Å². The standard InChI is InChI=1S/C17H20N2O3/c1-11(18-19-16(21)22-17(2,3)4)13-10-9-12-7-5-6-8-14(12)15(13)20/h5-10,18,20H,1H2,2-4H3,(H,19,21). The summed E-state index contributed by atoms with van der Waals surface area (Å²) in [5.74, 6) is 0.113. The van der Waals surface area contributed by atoms with E-state index in [-0.39, 0.29) is 5.75 Å². The van der Waals surface area contributed by atoms with E-state index < -0.39 is 11.7 Å². The monoisotopic (exact) mass is 300 g/mol. The molecule has 5 nitrogen and oxygen atoms in total. The van der Waals surface area contributed by atoms with Crippen LogP contribution in [-0.4, -0.2) is 16.8 Å². The molecule has 2 aromatic carbocycles. The maximum Gasteiger partial charge on any atom is 0.426 e. The van der Waals surface area contributed by atoms with Crippen LogP contribution in [0.15, 0.2) is 43.0 Å². The number of phenols is 1. The lowest BCUT2D eigenvalue weighted by atomic mass is 10.0. The molecule has 0 aliphatic carbocycles. The van der Waals surface area contributed by atoms with Crippen molar-refractivity contribution >= 4 is 22.6 Å². The summed E-state index contributed by atoms with van der Waals surface area (Å²) < 4.78 is 5.11. The third kappa shape index (κ3) is 3.69. The van der Waals surface area contributed by atoms with Crippen molar-refractivity contribution in [1.29, 1.82) is 0 Å². The van der Waals surface area contributed by atoms with Gasteiger partial charge in [0.25, 0.3) is 0 Å². The summed E-state index contributed by atoms with van der Waals surface area (Å²) in [6.45, 7) is 9.14. The lowest BCUT2D eigenvalue weighted by Crippen LogP contribution is -2.40. The molecule has 0 aliphatic rings.